The van der Waals surface area contributed by atoms with E-state index in [-0.39, 0.29) is 0 Å². The van der Waals surface area contributed by atoms with Gasteiger partial charge in [-0.15, -0.1) is 10.2 Å². The predicted octanol–water partition coefficient (Wildman–Crippen LogP) is 3.39. The highest BCUT2D eigenvalue weighted by molar-refractivity contribution is 5.62. The number of aromatic amines is 1. The minimum Gasteiger partial charge on any atom is -0.310 e. The minimum atomic E-state index is 0.875. The maximum atomic E-state index is 4.46. The fourth-order valence-electron chi connectivity index (χ4n) is 3.85. The monoisotopic (exact) mass is 370 g/mol. The summed E-state index contributed by atoms with van der Waals surface area (Å²) < 4.78 is 2.27. The first-order chi connectivity index (χ1) is 13.9. The lowest BCUT2D eigenvalue weighted by Crippen LogP contribution is -2.26. The third kappa shape index (κ3) is 3.23. The number of aromatic nitrogens is 5. The summed E-state index contributed by atoms with van der Waals surface area (Å²) >= 11 is 0. The molecular formula is C22H22N6. The van der Waals surface area contributed by atoms with Gasteiger partial charge >= 0.3 is 0 Å². The molecule has 6 nitrogen and oxygen atoms in total. The van der Waals surface area contributed by atoms with Crippen LogP contribution >= 0.6 is 0 Å². The second kappa shape index (κ2) is 7.40. The fourth-order valence-corrected chi connectivity index (χ4v) is 3.85. The number of fused-ring (bicyclic) bond motifs is 1. The van der Waals surface area contributed by atoms with E-state index in [1.54, 1.807) is 0 Å². The van der Waals surface area contributed by atoms with E-state index in [9.17, 15) is 0 Å². The van der Waals surface area contributed by atoms with Crippen LogP contribution < -0.4 is 0 Å². The van der Waals surface area contributed by atoms with Crippen LogP contribution in [0.15, 0.2) is 66.9 Å². The van der Waals surface area contributed by atoms with Crippen LogP contribution in [0.25, 0.3) is 22.6 Å². The Morgan fingerprint density at radius 2 is 1.57 bits per heavy atom. The average Bonchev–Trinajstić information content (AvgIpc) is 3.33. The molecule has 1 N–H and O–H groups in total. The third-order valence-electron chi connectivity index (χ3n) is 5.33. The van der Waals surface area contributed by atoms with Crippen molar-refractivity contribution < 1.29 is 0 Å². The van der Waals surface area contributed by atoms with Crippen molar-refractivity contribution in [2.24, 2.45) is 0 Å². The summed E-state index contributed by atoms with van der Waals surface area (Å²) in [5.41, 5.74) is 4.63. The van der Waals surface area contributed by atoms with Gasteiger partial charge in [-0.05, 0) is 5.56 Å². The van der Waals surface area contributed by atoms with Gasteiger partial charge in [0, 0.05) is 43.7 Å². The Kier molecular flexibility index (Phi) is 4.47. The molecule has 6 heteroatoms. The zero-order valence-corrected chi connectivity index (χ0v) is 15.6. The lowest BCUT2D eigenvalue weighted by atomic mass is 10.1. The molecule has 28 heavy (non-hydrogen) atoms. The van der Waals surface area contributed by atoms with Crippen LogP contribution in [-0.2, 0) is 19.5 Å². The summed E-state index contributed by atoms with van der Waals surface area (Å²) in [7, 11) is 0. The van der Waals surface area contributed by atoms with Gasteiger partial charge in [-0.2, -0.15) is 5.10 Å². The standard InChI is InChI=1S/C22H22N6/c1-3-7-17(8-4-1)21-19(15-23-25-21)16-27-12-11-20-24-26-22(28(20)14-13-27)18-9-5-2-6-10-18/h1-10,15H,11-14,16H2,(H,23,25). The van der Waals surface area contributed by atoms with Crippen molar-refractivity contribution in [3.8, 4) is 22.6 Å². The van der Waals surface area contributed by atoms with Crippen LogP contribution in [0.2, 0.25) is 0 Å². The Bertz CT molecular complexity index is 1050. The van der Waals surface area contributed by atoms with Crippen molar-refractivity contribution in [2.45, 2.75) is 19.5 Å². The van der Waals surface area contributed by atoms with Gasteiger partial charge in [-0.3, -0.25) is 10.00 Å². The van der Waals surface area contributed by atoms with Crippen molar-refractivity contribution in [1.29, 1.82) is 0 Å². The van der Waals surface area contributed by atoms with Gasteiger partial charge in [0.2, 0.25) is 0 Å². The van der Waals surface area contributed by atoms with Gasteiger partial charge in [0.25, 0.3) is 0 Å². The van der Waals surface area contributed by atoms with Crippen molar-refractivity contribution in [3.63, 3.8) is 0 Å². The summed E-state index contributed by atoms with van der Waals surface area (Å²) in [5, 5.41) is 16.4. The Morgan fingerprint density at radius 3 is 2.36 bits per heavy atom. The van der Waals surface area contributed by atoms with Crippen molar-refractivity contribution in [1.82, 2.24) is 29.9 Å². The molecular weight excluding hydrogens is 348 g/mol. The lowest BCUT2D eigenvalue weighted by Gasteiger charge is -2.19. The van der Waals surface area contributed by atoms with Crippen LogP contribution in [-0.4, -0.2) is 43.0 Å². The van der Waals surface area contributed by atoms with E-state index in [2.05, 4.69) is 66.3 Å². The maximum Gasteiger partial charge on any atom is 0.164 e. The van der Waals surface area contributed by atoms with E-state index in [0.717, 1.165) is 55.5 Å². The average molecular weight is 370 g/mol. The Balaban J connectivity index is 1.34. The topological polar surface area (TPSA) is 62.6 Å². The van der Waals surface area contributed by atoms with E-state index in [1.807, 2.05) is 30.5 Å². The molecule has 0 atom stereocenters. The van der Waals surface area contributed by atoms with Gasteiger partial charge < -0.3 is 4.57 Å². The molecule has 1 aliphatic heterocycles. The molecule has 0 amide bonds. The second-order valence-electron chi connectivity index (χ2n) is 7.12. The smallest absolute Gasteiger partial charge is 0.164 e. The van der Waals surface area contributed by atoms with Crippen LogP contribution in [0.3, 0.4) is 0 Å². The lowest BCUT2D eigenvalue weighted by molar-refractivity contribution is 0.272. The molecule has 0 spiro atoms. The summed E-state index contributed by atoms with van der Waals surface area (Å²) in [4.78, 5) is 2.47. The first-order valence-electron chi connectivity index (χ1n) is 9.66. The summed E-state index contributed by atoms with van der Waals surface area (Å²) in [6.45, 7) is 3.70. The van der Waals surface area contributed by atoms with E-state index < -0.39 is 0 Å². The van der Waals surface area contributed by atoms with Crippen LogP contribution in [0.1, 0.15) is 11.4 Å². The fraction of sp³-hybridized carbons (Fsp3) is 0.227. The van der Waals surface area contributed by atoms with Crippen molar-refractivity contribution in [2.75, 3.05) is 13.1 Å². The number of nitrogens with one attached hydrogen (secondary N) is 1. The van der Waals surface area contributed by atoms with Crippen LogP contribution in [0.5, 0.6) is 0 Å². The molecule has 3 heterocycles. The largest absolute Gasteiger partial charge is 0.310 e. The van der Waals surface area contributed by atoms with Crippen LogP contribution in [0.4, 0.5) is 0 Å². The molecule has 5 rings (SSSR count). The molecule has 4 aromatic rings. The molecule has 0 aliphatic carbocycles. The number of rotatable bonds is 4. The summed E-state index contributed by atoms with van der Waals surface area (Å²) in [6.07, 6.45) is 2.85. The highest BCUT2D eigenvalue weighted by Crippen LogP contribution is 2.24. The van der Waals surface area contributed by atoms with Crippen molar-refractivity contribution >= 4 is 0 Å². The molecule has 2 aromatic heterocycles. The summed E-state index contributed by atoms with van der Waals surface area (Å²) in [5.74, 6) is 2.03. The molecule has 0 saturated carbocycles. The number of hydrogen-bond donors (Lipinski definition) is 1. The Hall–Kier alpha value is -3.25. The maximum absolute atomic E-state index is 4.46. The minimum absolute atomic E-state index is 0.875. The van der Waals surface area contributed by atoms with Crippen LogP contribution in [0, 0.1) is 0 Å². The predicted molar refractivity (Wildman–Crippen MR) is 108 cm³/mol. The number of hydrogen-bond acceptors (Lipinski definition) is 4. The van der Waals surface area contributed by atoms with Gasteiger partial charge in [-0.25, -0.2) is 0 Å². The Labute approximate surface area is 163 Å². The highest BCUT2D eigenvalue weighted by atomic mass is 15.3. The van der Waals surface area contributed by atoms with Crippen molar-refractivity contribution in [3.05, 3.63) is 78.2 Å². The van der Waals surface area contributed by atoms with Gasteiger partial charge in [-0.1, -0.05) is 60.7 Å². The zero-order chi connectivity index (χ0) is 18.8. The molecule has 0 fully saturated rings. The second-order valence-corrected chi connectivity index (χ2v) is 7.12. The third-order valence-corrected chi connectivity index (χ3v) is 5.33. The molecule has 0 bridgehead atoms. The van der Waals surface area contributed by atoms with E-state index in [1.165, 1.54) is 11.1 Å². The molecule has 0 saturated heterocycles. The SMILES string of the molecule is c1ccc(-c2[nH]ncc2CN2CCc3nnc(-c4ccccc4)n3CC2)cc1. The summed E-state index contributed by atoms with van der Waals surface area (Å²) in [6, 6.07) is 20.7. The molecule has 0 radical (unpaired) electrons. The Morgan fingerprint density at radius 1 is 0.821 bits per heavy atom. The van der Waals surface area contributed by atoms with Gasteiger partial charge in [0.05, 0.1) is 11.9 Å². The first kappa shape index (κ1) is 16.9. The molecule has 2 aromatic carbocycles. The molecule has 140 valence electrons. The first-order valence-corrected chi connectivity index (χ1v) is 9.66. The van der Waals surface area contributed by atoms with E-state index in [4.69, 9.17) is 0 Å². The highest BCUT2D eigenvalue weighted by Gasteiger charge is 2.20. The number of nitrogens with zero attached hydrogens (tertiary/aromatic N) is 5. The van der Waals surface area contributed by atoms with Gasteiger partial charge in [0.15, 0.2) is 5.82 Å². The van der Waals surface area contributed by atoms with E-state index in [0.29, 0.717) is 0 Å². The van der Waals surface area contributed by atoms with Gasteiger partial charge in [0.1, 0.15) is 5.82 Å². The molecule has 1 aliphatic rings. The number of H-pyrrole nitrogens is 1. The molecule has 0 unspecified atom stereocenters. The quantitative estimate of drug-likeness (QED) is 0.598. The number of benzene rings is 2. The normalized spacial score (nSPS) is 14.6. The zero-order valence-electron chi connectivity index (χ0n) is 15.6. The van der Waals surface area contributed by atoms with E-state index >= 15 is 0 Å².